The Morgan fingerprint density at radius 1 is 1.27 bits per heavy atom. The lowest BCUT2D eigenvalue weighted by Gasteiger charge is -2.26. The molecule has 1 aromatic heterocycles. The van der Waals surface area contributed by atoms with Crippen LogP contribution in [0, 0.1) is 5.82 Å². The van der Waals surface area contributed by atoms with Gasteiger partial charge in [0.05, 0.1) is 38.3 Å². The van der Waals surface area contributed by atoms with E-state index in [0.29, 0.717) is 17.5 Å². The van der Waals surface area contributed by atoms with Crippen molar-refractivity contribution >= 4 is 16.7 Å². The number of ether oxygens (including phenoxy) is 2. The maximum Gasteiger partial charge on any atom is 0.586 e. The molecule has 5 rings (SSSR count). The summed E-state index contributed by atoms with van der Waals surface area (Å²) in [6.07, 6.45) is -6.87. The summed E-state index contributed by atoms with van der Waals surface area (Å²) >= 11 is 0. The minimum atomic E-state index is -4.14. The molecule has 198 valence electrons. The van der Waals surface area contributed by atoms with Crippen molar-refractivity contribution in [3.8, 4) is 11.5 Å². The van der Waals surface area contributed by atoms with E-state index in [9.17, 15) is 23.8 Å². The van der Waals surface area contributed by atoms with Crippen molar-refractivity contribution in [3.05, 3.63) is 59.0 Å². The Balaban J connectivity index is 1.59. The van der Waals surface area contributed by atoms with Crippen molar-refractivity contribution in [2.75, 3.05) is 6.61 Å². The third kappa shape index (κ3) is 4.48. The molecule has 0 saturated heterocycles. The molecule has 0 unspecified atom stereocenters. The molecule has 2 heterocycles. The number of hydrogen-bond donors (Lipinski definition) is 2. The van der Waals surface area contributed by atoms with Crippen LogP contribution < -0.4 is 9.47 Å². The molecule has 0 bridgehead atoms. The molecule has 2 aliphatic rings. The SMILES string of the molecule is [2H]c1c([2H])c(C2(C(=O)Cc3cc4cc(C(C)(C)CC)n(C([2H])([2H])[C@@]([2H])(O)CO)c4cc3F)CC2)c([2H])c2c1OC(F)(F)O2. The van der Waals surface area contributed by atoms with Crippen LogP contribution in [0.5, 0.6) is 11.5 Å². The van der Waals surface area contributed by atoms with Gasteiger partial charge in [0.15, 0.2) is 11.5 Å². The number of halogens is 3. The van der Waals surface area contributed by atoms with Gasteiger partial charge in [-0.25, -0.2) is 4.39 Å². The summed E-state index contributed by atoms with van der Waals surface area (Å²) < 4.78 is 103. The number of alkyl halides is 2. The number of carbonyl (C=O) groups is 1. The number of Topliss-reactive ketones (excluding diaryl/α,β-unsaturated/α-hetero) is 1. The molecule has 0 radical (unpaired) electrons. The lowest BCUT2D eigenvalue weighted by atomic mass is 9.86. The first kappa shape index (κ1) is 19.1. The fourth-order valence-corrected chi connectivity index (χ4v) is 4.53. The van der Waals surface area contributed by atoms with Crippen molar-refractivity contribution in [2.24, 2.45) is 0 Å². The lowest BCUT2D eigenvalue weighted by molar-refractivity contribution is -0.286. The average molecular weight is 524 g/mol. The molecule has 0 spiro atoms. The van der Waals surface area contributed by atoms with Crippen molar-refractivity contribution in [1.29, 1.82) is 0 Å². The van der Waals surface area contributed by atoms with E-state index >= 15 is 4.39 Å². The van der Waals surface area contributed by atoms with Gasteiger partial charge in [0.25, 0.3) is 0 Å². The summed E-state index contributed by atoms with van der Waals surface area (Å²) in [6, 6.07) is 1.81. The monoisotopic (exact) mass is 523 g/mol. The Hall–Kier alpha value is -3.04. The highest BCUT2D eigenvalue weighted by Gasteiger charge is 2.52. The summed E-state index contributed by atoms with van der Waals surface area (Å²) in [5.41, 5.74) is -2.29. The number of ketones is 1. The second kappa shape index (κ2) is 8.77. The molecule has 1 aliphatic heterocycles. The van der Waals surface area contributed by atoms with E-state index in [1.807, 2.05) is 6.92 Å². The minimum Gasteiger partial charge on any atom is -0.395 e. The lowest BCUT2D eigenvalue weighted by Crippen LogP contribution is -2.26. The van der Waals surface area contributed by atoms with Gasteiger partial charge in [-0.15, -0.1) is 8.78 Å². The average Bonchev–Trinajstić information content (AvgIpc) is 3.52. The first-order chi connectivity index (χ1) is 19.7. The van der Waals surface area contributed by atoms with Crippen LogP contribution in [0.2, 0.25) is 0 Å². The van der Waals surface area contributed by atoms with Gasteiger partial charge in [-0.05, 0) is 60.7 Å². The Kier molecular flexibility index (Phi) is 4.52. The van der Waals surface area contributed by atoms with Crippen LogP contribution >= 0.6 is 0 Å². The number of aliphatic hydroxyl groups is 2. The molecule has 1 saturated carbocycles. The minimum absolute atomic E-state index is 0.0204. The second-order valence-electron chi connectivity index (χ2n) is 10.1. The van der Waals surface area contributed by atoms with E-state index < -0.39 is 84.0 Å². The first-order valence-corrected chi connectivity index (χ1v) is 11.9. The van der Waals surface area contributed by atoms with Gasteiger partial charge in [0.2, 0.25) is 0 Å². The maximum atomic E-state index is 15.6. The number of benzene rings is 2. The number of rotatable bonds is 9. The van der Waals surface area contributed by atoms with Crippen molar-refractivity contribution in [1.82, 2.24) is 4.57 Å². The Bertz CT molecular complexity index is 1670. The fourth-order valence-electron chi connectivity index (χ4n) is 4.53. The van der Waals surface area contributed by atoms with Crippen LogP contribution in [0.15, 0.2) is 36.3 Å². The van der Waals surface area contributed by atoms with Gasteiger partial charge < -0.3 is 24.3 Å². The molecule has 2 N–H and O–H groups in total. The van der Waals surface area contributed by atoms with Crippen LogP contribution in [0.4, 0.5) is 13.2 Å². The van der Waals surface area contributed by atoms with E-state index in [2.05, 4.69) is 9.47 Å². The fraction of sp³-hybridized carbons (Fsp3) is 0.464. The van der Waals surface area contributed by atoms with E-state index in [-0.39, 0.29) is 29.5 Å². The van der Waals surface area contributed by atoms with Gasteiger partial charge in [0, 0.05) is 22.9 Å². The molecule has 9 heteroatoms. The van der Waals surface area contributed by atoms with Crippen LogP contribution in [-0.4, -0.2) is 39.5 Å². The summed E-state index contributed by atoms with van der Waals surface area (Å²) in [5, 5.41) is 20.3. The highest BCUT2D eigenvalue weighted by atomic mass is 19.3. The van der Waals surface area contributed by atoms with Crippen molar-refractivity contribution < 1.29 is 45.9 Å². The Morgan fingerprint density at radius 3 is 2.62 bits per heavy atom. The van der Waals surface area contributed by atoms with Crippen molar-refractivity contribution in [3.63, 3.8) is 0 Å². The number of aromatic nitrogens is 1. The van der Waals surface area contributed by atoms with Gasteiger partial charge in [-0.1, -0.05) is 26.8 Å². The van der Waals surface area contributed by atoms with E-state index in [1.165, 1.54) is 6.07 Å². The highest BCUT2D eigenvalue weighted by molar-refractivity contribution is 5.95. The Labute approximate surface area is 221 Å². The molecule has 1 atom stereocenters. The third-order valence-electron chi connectivity index (χ3n) is 7.24. The van der Waals surface area contributed by atoms with Gasteiger partial charge in [-0.2, -0.15) is 0 Å². The second-order valence-corrected chi connectivity index (χ2v) is 10.1. The molecular formula is C28H30F3NO5. The molecular weight excluding hydrogens is 487 g/mol. The predicted molar refractivity (Wildman–Crippen MR) is 131 cm³/mol. The highest BCUT2D eigenvalue weighted by Crippen LogP contribution is 2.52. The number of nitrogens with zero attached hydrogens (tertiary/aromatic N) is 1. The quantitative estimate of drug-likeness (QED) is 0.413. The normalized spacial score (nSPS) is 21.8. The van der Waals surface area contributed by atoms with Crippen LogP contribution in [0.3, 0.4) is 0 Å². The molecule has 1 fully saturated rings. The van der Waals surface area contributed by atoms with Gasteiger partial charge in [0.1, 0.15) is 11.6 Å². The maximum absolute atomic E-state index is 15.6. The van der Waals surface area contributed by atoms with Crippen molar-refractivity contribution in [2.45, 2.75) is 76.2 Å². The molecule has 37 heavy (non-hydrogen) atoms. The smallest absolute Gasteiger partial charge is 0.395 e. The van der Waals surface area contributed by atoms with Gasteiger partial charge >= 0.3 is 6.29 Å². The van der Waals surface area contributed by atoms with Crippen LogP contribution in [-0.2, 0) is 28.5 Å². The van der Waals surface area contributed by atoms with Crippen LogP contribution in [0.25, 0.3) is 10.9 Å². The Morgan fingerprint density at radius 2 is 1.97 bits per heavy atom. The third-order valence-corrected chi connectivity index (χ3v) is 7.24. The summed E-state index contributed by atoms with van der Waals surface area (Å²) in [5.74, 6) is -3.03. The number of carbonyl (C=O) groups excluding carboxylic acids is 1. The first-order valence-electron chi connectivity index (χ1n) is 14.9. The standard InChI is InChI=1S/C28H30F3NO5/c1-4-26(2,3)24-10-17-9-16(20(29)13-21(17)32(24)14-19(34)15-33)11-25(35)27(7-8-27)18-5-6-22-23(12-18)37-28(30,31)36-22/h5-6,9-10,12-13,19,33-34H,4,7-8,11,14-15H2,1-3H3/t19-/m1/s1/i5D,6D,12D,14D2,19D. The molecule has 1 aliphatic carbocycles. The predicted octanol–water partition coefficient (Wildman–Crippen LogP) is 4.99. The zero-order valence-electron chi connectivity index (χ0n) is 26.5. The largest absolute Gasteiger partial charge is 0.586 e. The van der Waals surface area contributed by atoms with Crippen LogP contribution in [0.1, 0.15) is 65.1 Å². The molecule has 3 aromatic rings. The summed E-state index contributed by atoms with van der Waals surface area (Å²) in [6.45, 7) is 1.30. The number of aliphatic hydroxyl groups excluding tert-OH is 1. The van der Waals surface area contributed by atoms with E-state index in [1.54, 1.807) is 19.9 Å². The molecule has 2 aromatic carbocycles. The molecule has 0 amide bonds. The van der Waals surface area contributed by atoms with Gasteiger partial charge in [-0.3, -0.25) is 4.79 Å². The zero-order valence-corrected chi connectivity index (χ0v) is 20.5. The van der Waals surface area contributed by atoms with E-state index in [4.69, 9.17) is 8.22 Å². The topological polar surface area (TPSA) is 80.9 Å². The number of fused-ring (bicyclic) bond motifs is 2. The summed E-state index contributed by atoms with van der Waals surface area (Å²) in [7, 11) is 0. The zero-order chi connectivity index (χ0) is 32.1. The summed E-state index contributed by atoms with van der Waals surface area (Å²) in [4.78, 5) is 13.7. The molecule has 6 nitrogen and oxygen atoms in total. The number of hydrogen-bond acceptors (Lipinski definition) is 5. The van der Waals surface area contributed by atoms with E-state index in [0.717, 1.165) is 10.6 Å².